The summed E-state index contributed by atoms with van der Waals surface area (Å²) in [6.07, 6.45) is -0.559. The molecule has 1 heterocycles. The van der Waals surface area contributed by atoms with Crippen molar-refractivity contribution in [2.24, 2.45) is 0 Å². The second kappa shape index (κ2) is 6.83. The molecule has 8 heteroatoms. The lowest BCUT2D eigenvalue weighted by atomic mass is 10.3. The van der Waals surface area contributed by atoms with Crippen LogP contribution >= 0.6 is 11.3 Å². The second-order valence-electron chi connectivity index (χ2n) is 3.57. The number of hydrogen-bond donors (Lipinski definition) is 1. The molecule has 1 amide bonds. The van der Waals surface area contributed by atoms with E-state index in [1.54, 1.807) is 13.8 Å². The van der Waals surface area contributed by atoms with Crippen molar-refractivity contribution >= 4 is 34.3 Å². The molecule has 0 saturated heterocycles. The molecule has 1 N–H and O–H groups in total. The fourth-order valence-electron chi connectivity index (χ4n) is 1.23. The first-order chi connectivity index (χ1) is 8.93. The van der Waals surface area contributed by atoms with E-state index in [-0.39, 0.29) is 24.6 Å². The zero-order valence-corrected chi connectivity index (χ0v) is 11.3. The number of ether oxygens (including phenoxy) is 1. The number of carbonyl (C=O) groups excluding carboxylic acids is 3. The molecule has 1 aromatic heterocycles. The molecule has 0 fully saturated rings. The number of esters is 1. The SMILES string of the molecule is CCOC(=O)c1sc(NC(=O)CCC(=O)[O-])nc1C. The van der Waals surface area contributed by atoms with Gasteiger partial charge in [-0.05, 0) is 20.3 Å². The van der Waals surface area contributed by atoms with Crippen molar-refractivity contribution < 1.29 is 24.2 Å². The molecule has 1 aromatic rings. The maximum Gasteiger partial charge on any atom is 0.350 e. The molecule has 0 aliphatic heterocycles. The summed E-state index contributed by atoms with van der Waals surface area (Å²) in [5, 5.41) is 12.9. The Labute approximate surface area is 113 Å². The highest BCUT2D eigenvalue weighted by molar-refractivity contribution is 7.17. The van der Waals surface area contributed by atoms with Gasteiger partial charge in [-0.1, -0.05) is 11.3 Å². The first kappa shape index (κ1) is 15.1. The van der Waals surface area contributed by atoms with Gasteiger partial charge in [0, 0.05) is 12.4 Å². The summed E-state index contributed by atoms with van der Waals surface area (Å²) in [4.78, 5) is 37.4. The predicted octanol–water partition coefficient (Wildman–Crippen LogP) is 0.0968. The Hall–Kier alpha value is -1.96. The Bertz CT molecular complexity index is 497. The normalized spacial score (nSPS) is 10.0. The summed E-state index contributed by atoms with van der Waals surface area (Å²) in [7, 11) is 0. The number of carboxylic acid groups (broad SMARTS) is 1. The number of rotatable bonds is 6. The summed E-state index contributed by atoms with van der Waals surface area (Å²) >= 11 is 0.989. The number of carbonyl (C=O) groups is 3. The van der Waals surface area contributed by atoms with Gasteiger partial charge in [-0.2, -0.15) is 0 Å². The number of nitrogens with zero attached hydrogens (tertiary/aromatic N) is 1. The van der Waals surface area contributed by atoms with Crippen LogP contribution in [0, 0.1) is 6.92 Å². The molecule has 104 valence electrons. The molecule has 19 heavy (non-hydrogen) atoms. The van der Waals surface area contributed by atoms with Crippen LogP contribution in [0.4, 0.5) is 5.13 Å². The van der Waals surface area contributed by atoms with Gasteiger partial charge < -0.3 is 20.0 Å². The number of carboxylic acids is 1. The molecule has 1 rings (SSSR count). The number of aliphatic carboxylic acids is 1. The molecule has 0 aliphatic carbocycles. The Morgan fingerprint density at radius 2 is 2.05 bits per heavy atom. The third-order valence-corrected chi connectivity index (χ3v) is 3.11. The number of thiazole rings is 1. The average molecular weight is 285 g/mol. The number of aromatic nitrogens is 1. The maximum atomic E-state index is 11.5. The van der Waals surface area contributed by atoms with Crippen LogP contribution < -0.4 is 10.4 Å². The molecule has 0 aliphatic rings. The van der Waals surface area contributed by atoms with E-state index < -0.39 is 17.8 Å². The van der Waals surface area contributed by atoms with Crippen LogP contribution in [0.1, 0.15) is 35.1 Å². The van der Waals surface area contributed by atoms with Crippen LogP contribution in [0.2, 0.25) is 0 Å². The lowest BCUT2D eigenvalue weighted by Gasteiger charge is -2.01. The highest BCUT2D eigenvalue weighted by Crippen LogP contribution is 2.23. The van der Waals surface area contributed by atoms with Crippen LogP contribution in [0.25, 0.3) is 0 Å². The molecule has 0 unspecified atom stereocenters. The Kier molecular flexibility index (Phi) is 5.43. The summed E-state index contributed by atoms with van der Waals surface area (Å²) in [5.41, 5.74) is 0.457. The minimum Gasteiger partial charge on any atom is -0.550 e. The van der Waals surface area contributed by atoms with Gasteiger partial charge >= 0.3 is 5.97 Å². The third-order valence-electron chi connectivity index (χ3n) is 2.06. The van der Waals surface area contributed by atoms with Crippen molar-refractivity contribution in [1.82, 2.24) is 4.98 Å². The molecule has 0 spiro atoms. The Morgan fingerprint density at radius 3 is 2.63 bits per heavy atom. The van der Waals surface area contributed by atoms with Gasteiger partial charge in [0.1, 0.15) is 4.88 Å². The number of anilines is 1. The number of amides is 1. The van der Waals surface area contributed by atoms with E-state index >= 15 is 0 Å². The predicted molar refractivity (Wildman–Crippen MR) is 65.7 cm³/mol. The van der Waals surface area contributed by atoms with Crippen LogP contribution in [0.3, 0.4) is 0 Å². The smallest absolute Gasteiger partial charge is 0.350 e. The Balaban J connectivity index is 2.65. The number of nitrogens with one attached hydrogen (secondary N) is 1. The van der Waals surface area contributed by atoms with Crippen LogP contribution in [0.15, 0.2) is 0 Å². The molecular weight excluding hydrogens is 272 g/mol. The second-order valence-corrected chi connectivity index (χ2v) is 4.57. The molecule has 0 atom stereocenters. The standard InChI is InChI=1S/C11H14N2O5S/c1-3-18-10(17)9-6(2)12-11(19-9)13-7(14)4-5-8(15)16/h3-5H2,1-2H3,(H,15,16)(H,12,13,14)/p-1. The van der Waals surface area contributed by atoms with E-state index in [1.165, 1.54) is 0 Å². The molecule has 0 bridgehead atoms. The van der Waals surface area contributed by atoms with E-state index in [9.17, 15) is 19.5 Å². The monoisotopic (exact) mass is 285 g/mol. The summed E-state index contributed by atoms with van der Waals surface area (Å²) in [6, 6.07) is 0. The number of aryl methyl sites for hydroxylation is 1. The minimum atomic E-state index is -1.29. The van der Waals surface area contributed by atoms with Gasteiger partial charge in [0.15, 0.2) is 5.13 Å². The first-order valence-corrected chi connectivity index (χ1v) is 6.40. The van der Waals surface area contributed by atoms with Gasteiger partial charge in [0.05, 0.1) is 12.3 Å². The summed E-state index contributed by atoms with van der Waals surface area (Å²) < 4.78 is 4.84. The largest absolute Gasteiger partial charge is 0.550 e. The van der Waals surface area contributed by atoms with E-state index in [2.05, 4.69) is 10.3 Å². The zero-order chi connectivity index (χ0) is 14.4. The van der Waals surface area contributed by atoms with E-state index in [0.29, 0.717) is 10.6 Å². The van der Waals surface area contributed by atoms with Crippen LogP contribution in [-0.2, 0) is 14.3 Å². The van der Waals surface area contributed by atoms with Gasteiger partial charge in [-0.25, -0.2) is 9.78 Å². The van der Waals surface area contributed by atoms with Gasteiger partial charge in [-0.15, -0.1) is 0 Å². The summed E-state index contributed by atoms with van der Waals surface area (Å²) in [6.45, 7) is 3.57. The van der Waals surface area contributed by atoms with Crippen molar-refractivity contribution in [1.29, 1.82) is 0 Å². The highest BCUT2D eigenvalue weighted by Gasteiger charge is 2.17. The lowest BCUT2D eigenvalue weighted by molar-refractivity contribution is -0.305. The van der Waals surface area contributed by atoms with Crippen molar-refractivity contribution in [3.63, 3.8) is 0 Å². The highest BCUT2D eigenvalue weighted by atomic mass is 32.1. The fraction of sp³-hybridized carbons (Fsp3) is 0.455. The number of hydrogen-bond acceptors (Lipinski definition) is 7. The average Bonchev–Trinajstić information content (AvgIpc) is 2.68. The van der Waals surface area contributed by atoms with Gasteiger partial charge in [-0.3, -0.25) is 4.79 Å². The minimum absolute atomic E-state index is 0.199. The van der Waals surface area contributed by atoms with Crippen molar-refractivity contribution in [2.75, 3.05) is 11.9 Å². The molecule has 7 nitrogen and oxygen atoms in total. The van der Waals surface area contributed by atoms with Crippen molar-refractivity contribution in [3.05, 3.63) is 10.6 Å². The van der Waals surface area contributed by atoms with Gasteiger partial charge in [0.2, 0.25) is 5.91 Å². The van der Waals surface area contributed by atoms with Crippen LogP contribution in [-0.4, -0.2) is 29.4 Å². The molecular formula is C11H13N2O5S-. The van der Waals surface area contributed by atoms with E-state index in [0.717, 1.165) is 11.3 Å². The molecule has 0 saturated carbocycles. The summed E-state index contributed by atoms with van der Waals surface area (Å²) in [5.74, 6) is -2.28. The first-order valence-electron chi connectivity index (χ1n) is 5.58. The topological polar surface area (TPSA) is 108 Å². The van der Waals surface area contributed by atoms with Crippen LogP contribution in [0.5, 0.6) is 0 Å². The third kappa shape index (κ3) is 4.66. The zero-order valence-electron chi connectivity index (χ0n) is 10.5. The van der Waals surface area contributed by atoms with E-state index in [4.69, 9.17) is 4.74 Å². The van der Waals surface area contributed by atoms with E-state index in [1.807, 2.05) is 0 Å². The van der Waals surface area contributed by atoms with Crippen molar-refractivity contribution in [2.45, 2.75) is 26.7 Å². The molecule has 0 radical (unpaired) electrons. The van der Waals surface area contributed by atoms with Crippen molar-refractivity contribution in [3.8, 4) is 0 Å². The van der Waals surface area contributed by atoms with Gasteiger partial charge in [0.25, 0.3) is 0 Å². The fourth-order valence-corrected chi connectivity index (χ4v) is 2.11. The molecule has 0 aromatic carbocycles. The lowest BCUT2D eigenvalue weighted by Crippen LogP contribution is -2.24. The maximum absolute atomic E-state index is 11.5. The Morgan fingerprint density at radius 1 is 1.37 bits per heavy atom. The quantitative estimate of drug-likeness (QED) is 0.742.